The Morgan fingerprint density at radius 3 is 2.68 bits per heavy atom. The predicted molar refractivity (Wildman–Crippen MR) is 89.6 cm³/mol. The summed E-state index contributed by atoms with van der Waals surface area (Å²) >= 11 is 0. The molecule has 0 unspecified atom stereocenters. The summed E-state index contributed by atoms with van der Waals surface area (Å²) in [5, 5.41) is 6.74. The molecule has 1 aromatic carbocycles. The number of carbonyl (C=O) groups excluding carboxylic acids is 1. The first-order valence-electron chi connectivity index (χ1n) is 7.50. The number of furan rings is 1. The Morgan fingerprint density at radius 2 is 1.88 bits per heavy atom. The van der Waals surface area contributed by atoms with Crippen LogP contribution in [0.15, 0.2) is 76.0 Å². The molecule has 0 bridgehead atoms. The number of rotatable bonds is 4. The molecule has 3 heterocycles. The summed E-state index contributed by atoms with van der Waals surface area (Å²) in [6.07, 6.45) is 3.10. The van der Waals surface area contributed by atoms with Crippen LogP contribution in [0.3, 0.4) is 0 Å². The number of amides is 1. The van der Waals surface area contributed by atoms with E-state index in [-0.39, 0.29) is 17.6 Å². The Morgan fingerprint density at radius 1 is 1.00 bits per heavy atom. The summed E-state index contributed by atoms with van der Waals surface area (Å²) in [6, 6.07) is 15.8. The third-order valence-corrected chi connectivity index (χ3v) is 3.47. The number of pyridine rings is 1. The van der Waals surface area contributed by atoms with Crippen molar-refractivity contribution in [2.24, 2.45) is 0 Å². The van der Waals surface area contributed by atoms with Crippen LogP contribution in [0.1, 0.15) is 10.6 Å². The van der Waals surface area contributed by atoms with E-state index in [1.807, 2.05) is 18.2 Å². The number of carbonyl (C=O) groups is 1. The van der Waals surface area contributed by atoms with Crippen molar-refractivity contribution >= 4 is 11.6 Å². The highest BCUT2D eigenvalue weighted by Gasteiger charge is 2.17. The minimum atomic E-state index is -0.359. The topological polar surface area (TPSA) is 94.1 Å². The van der Waals surface area contributed by atoms with Gasteiger partial charge in [-0.1, -0.05) is 23.4 Å². The predicted octanol–water partition coefficient (Wildman–Crippen LogP) is 3.64. The first-order chi connectivity index (χ1) is 12.3. The number of nitrogens with one attached hydrogen (secondary N) is 1. The Bertz CT molecular complexity index is 994. The SMILES string of the molecule is O=C(Nc1ccccc1-c1nc(-c2ccccn2)no1)c1ccco1. The summed E-state index contributed by atoms with van der Waals surface area (Å²) in [7, 11) is 0. The maximum Gasteiger partial charge on any atom is 0.291 e. The summed E-state index contributed by atoms with van der Waals surface area (Å²) in [6.45, 7) is 0. The van der Waals surface area contributed by atoms with Crippen LogP contribution in [0.4, 0.5) is 5.69 Å². The lowest BCUT2D eigenvalue weighted by Crippen LogP contribution is -2.11. The molecule has 3 aromatic heterocycles. The first kappa shape index (κ1) is 14.8. The van der Waals surface area contributed by atoms with Crippen LogP contribution in [0.25, 0.3) is 23.0 Å². The molecule has 7 heteroatoms. The molecule has 1 amide bonds. The van der Waals surface area contributed by atoms with E-state index in [1.165, 1.54) is 6.26 Å². The van der Waals surface area contributed by atoms with Gasteiger partial charge in [0.25, 0.3) is 11.8 Å². The molecular weight excluding hydrogens is 320 g/mol. The van der Waals surface area contributed by atoms with Crippen LogP contribution in [0, 0.1) is 0 Å². The van der Waals surface area contributed by atoms with Gasteiger partial charge in [0.05, 0.1) is 17.5 Å². The lowest BCUT2D eigenvalue weighted by Gasteiger charge is -2.06. The van der Waals surface area contributed by atoms with Gasteiger partial charge in [-0.2, -0.15) is 4.98 Å². The molecular formula is C18H12N4O3. The molecule has 0 saturated carbocycles. The Kier molecular flexibility index (Phi) is 3.80. The highest BCUT2D eigenvalue weighted by Crippen LogP contribution is 2.28. The van der Waals surface area contributed by atoms with Crippen molar-refractivity contribution < 1.29 is 13.7 Å². The lowest BCUT2D eigenvalue weighted by molar-refractivity contribution is 0.0996. The van der Waals surface area contributed by atoms with Gasteiger partial charge in [-0.3, -0.25) is 9.78 Å². The molecule has 0 radical (unpaired) electrons. The third kappa shape index (κ3) is 3.02. The Hall–Kier alpha value is -3.74. The van der Waals surface area contributed by atoms with Crippen LogP contribution in [0.2, 0.25) is 0 Å². The van der Waals surface area contributed by atoms with Crippen molar-refractivity contribution in [3.05, 3.63) is 72.8 Å². The van der Waals surface area contributed by atoms with E-state index in [0.717, 1.165) is 0 Å². The molecule has 1 N–H and O–H groups in total. The van der Waals surface area contributed by atoms with E-state index in [9.17, 15) is 4.79 Å². The molecule has 4 rings (SSSR count). The second kappa shape index (κ2) is 6.40. The summed E-state index contributed by atoms with van der Waals surface area (Å²) in [5.41, 5.74) is 1.76. The number of hydrogen-bond donors (Lipinski definition) is 1. The zero-order chi connectivity index (χ0) is 17.1. The fraction of sp³-hybridized carbons (Fsp3) is 0. The summed E-state index contributed by atoms with van der Waals surface area (Å²) < 4.78 is 10.4. The molecule has 122 valence electrons. The quantitative estimate of drug-likeness (QED) is 0.613. The van der Waals surface area contributed by atoms with E-state index in [4.69, 9.17) is 8.94 Å². The smallest absolute Gasteiger partial charge is 0.291 e. The van der Waals surface area contributed by atoms with Gasteiger partial charge in [0.1, 0.15) is 5.69 Å². The lowest BCUT2D eigenvalue weighted by atomic mass is 10.1. The molecule has 4 aromatic rings. The third-order valence-electron chi connectivity index (χ3n) is 3.47. The molecule has 0 fully saturated rings. The minimum Gasteiger partial charge on any atom is -0.459 e. The first-order valence-corrected chi connectivity index (χ1v) is 7.50. The van der Waals surface area contributed by atoms with Crippen molar-refractivity contribution in [3.63, 3.8) is 0 Å². The monoisotopic (exact) mass is 332 g/mol. The van der Waals surface area contributed by atoms with Crippen LogP contribution in [-0.4, -0.2) is 21.0 Å². The van der Waals surface area contributed by atoms with E-state index in [2.05, 4.69) is 20.4 Å². The standard InChI is InChI=1S/C18H12N4O3/c23-17(15-9-5-11-24-15)20-13-7-2-1-6-12(13)18-21-16(22-25-18)14-8-3-4-10-19-14/h1-11H,(H,20,23). The zero-order valence-corrected chi connectivity index (χ0v) is 12.9. The average Bonchev–Trinajstić information content (AvgIpc) is 3.35. The fourth-order valence-corrected chi connectivity index (χ4v) is 2.30. The number of aromatic nitrogens is 3. The van der Waals surface area contributed by atoms with Crippen LogP contribution in [0.5, 0.6) is 0 Å². The Labute approximate surface area is 142 Å². The molecule has 0 aliphatic heterocycles. The molecule has 0 atom stereocenters. The summed E-state index contributed by atoms with van der Waals surface area (Å²) in [5.74, 6) is 0.523. The summed E-state index contributed by atoms with van der Waals surface area (Å²) in [4.78, 5) is 20.8. The molecule has 0 spiro atoms. The van der Waals surface area contributed by atoms with Crippen LogP contribution < -0.4 is 5.32 Å². The van der Waals surface area contributed by atoms with Crippen molar-refractivity contribution in [2.45, 2.75) is 0 Å². The molecule has 0 aliphatic rings. The normalized spacial score (nSPS) is 10.6. The van der Waals surface area contributed by atoms with Gasteiger partial charge in [0.2, 0.25) is 5.82 Å². The fourth-order valence-electron chi connectivity index (χ4n) is 2.30. The van der Waals surface area contributed by atoms with Gasteiger partial charge < -0.3 is 14.3 Å². The van der Waals surface area contributed by atoms with Gasteiger partial charge in [0.15, 0.2) is 5.76 Å². The molecule has 0 saturated heterocycles. The van der Waals surface area contributed by atoms with Gasteiger partial charge in [-0.25, -0.2) is 0 Å². The van der Waals surface area contributed by atoms with E-state index in [0.29, 0.717) is 22.8 Å². The van der Waals surface area contributed by atoms with Crippen molar-refractivity contribution in [3.8, 4) is 23.0 Å². The largest absolute Gasteiger partial charge is 0.459 e. The van der Waals surface area contributed by atoms with Crippen LogP contribution in [-0.2, 0) is 0 Å². The molecule has 0 aliphatic carbocycles. The highest BCUT2D eigenvalue weighted by atomic mass is 16.5. The zero-order valence-electron chi connectivity index (χ0n) is 12.9. The van der Waals surface area contributed by atoms with E-state index in [1.54, 1.807) is 42.6 Å². The van der Waals surface area contributed by atoms with E-state index < -0.39 is 0 Å². The Balaban J connectivity index is 1.65. The number of hydrogen-bond acceptors (Lipinski definition) is 6. The van der Waals surface area contributed by atoms with Crippen molar-refractivity contribution in [1.82, 2.24) is 15.1 Å². The highest BCUT2D eigenvalue weighted by molar-refractivity contribution is 6.04. The molecule has 7 nitrogen and oxygen atoms in total. The van der Waals surface area contributed by atoms with Gasteiger partial charge in [-0.15, -0.1) is 0 Å². The van der Waals surface area contributed by atoms with Crippen LogP contribution >= 0.6 is 0 Å². The number of benzene rings is 1. The van der Waals surface area contributed by atoms with Gasteiger partial charge in [0, 0.05) is 6.20 Å². The number of para-hydroxylation sites is 1. The molecule has 25 heavy (non-hydrogen) atoms. The average molecular weight is 332 g/mol. The number of nitrogens with zero attached hydrogens (tertiary/aromatic N) is 3. The minimum absolute atomic E-state index is 0.217. The van der Waals surface area contributed by atoms with Gasteiger partial charge in [-0.05, 0) is 36.4 Å². The maximum absolute atomic E-state index is 12.2. The number of anilines is 1. The van der Waals surface area contributed by atoms with Crippen molar-refractivity contribution in [2.75, 3.05) is 5.32 Å². The van der Waals surface area contributed by atoms with Crippen molar-refractivity contribution in [1.29, 1.82) is 0 Å². The second-order valence-electron chi connectivity index (χ2n) is 5.12. The van der Waals surface area contributed by atoms with E-state index >= 15 is 0 Å². The van der Waals surface area contributed by atoms with Gasteiger partial charge >= 0.3 is 0 Å². The second-order valence-corrected chi connectivity index (χ2v) is 5.12. The maximum atomic E-state index is 12.2.